The average molecular weight is 330 g/mol. The molecular formula is C21H35N3. The predicted octanol–water partition coefficient (Wildman–Crippen LogP) is 3.49. The van der Waals surface area contributed by atoms with E-state index in [0.717, 1.165) is 13.1 Å². The minimum absolute atomic E-state index is 0.241. The van der Waals surface area contributed by atoms with Crippen LogP contribution in [0.2, 0.25) is 0 Å². The fraction of sp³-hybridized carbons (Fsp3) is 0.714. The summed E-state index contributed by atoms with van der Waals surface area (Å²) in [6.07, 6.45) is 2.62. The van der Waals surface area contributed by atoms with Crippen LogP contribution in [-0.2, 0) is 0 Å². The third kappa shape index (κ3) is 3.68. The zero-order valence-electron chi connectivity index (χ0n) is 16.2. The van der Waals surface area contributed by atoms with Crippen molar-refractivity contribution in [3.05, 3.63) is 35.4 Å². The normalized spacial score (nSPS) is 28.8. The maximum absolute atomic E-state index is 3.65. The van der Waals surface area contributed by atoms with Gasteiger partial charge in [-0.3, -0.25) is 4.90 Å². The molecule has 2 heterocycles. The molecule has 0 spiro atoms. The van der Waals surface area contributed by atoms with Gasteiger partial charge in [-0.25, -0.2) is 0 Å². The molecule has 0 aromatic heterocycles. The molecule has 2 aliphatic rings. The van der Waals surface area contributed by atoms with Gasteiger partial charge in [0, 0.05) is 30.6 Å². The van der Waals surface area contributed by atoms with Gasteiger partial charge < -0.3 is 10.2 Å². The Labute approximate surface area is 148 Å². The number of likely N-dealkylation sites (tertiary alicyclic amines) is 1. The molecule has 134 valence electrons. The zero-order valence-corrected chi connectivity index (χ0v) is 16.2. The Balaban J connectivity index is 1.91. The Morgan fingerprint density at radius 2 is 1.83 bits per heavy atom. The van der Waals surface area contributed by atoms with Gasteiger partial charge in [-0.1, -0.05) is 24.3 Å². The quantitative estimate of drug-likeness (QED) is 0.912. The minimum atomic E-state index is 0.241. The minimum Gasteiger partial charge on any atom is -0.316 e. The van der Waals surface area contributed by atoms with Gasteiger partial charge in [0.1, 0.15) is 0 Å². The standard InChI is InChI=1S/C21H35N3/c1-21(2,3)24-12-8-11-20(24)18-10-7-6-9-17(18)19-14-22-13-16(19)15-23(4)5/h6-7,9-10,16,19-20,22H,8,11-15H2,1-5H3. The van der Waals surface area contributed by atoms with Crippen molar-refractivity contribution in [2.24, 2.45) is 5.92 Å². The lowest BCUT2D eigenvalue weighted by atomic mass is 9.83. The zero-order chi connectivity index (χ0) is 17.3. The van der Waals surface area contributed by atoms with Crippen LogP contribution in [0.4, 0.5) is 0 Å². The van der Waals surface area contributed by atoms with Crippen LogP contribution < -0.4 is 5.32 Å². The molecule has 24 heavy (non-hydrogen) atoms. The van der Waals surface area contributed by atoms with E-state index in [-0.39, 0.29) is 5.54 Å². The van der Waals surface area contributed by atoms with Crippen molar-refractivity contribution in [1.29, 1.82) is 0 Å². The van der Waals surface area contributed by atoms with Crippen LogP contribution in [0, 0.1) is 5.92 Å². The predicted molar refractivity (Wildman–Crippen MR) is 103 cm³/mol. The summed E-state index contributed by atoms with van der Waals surface area (Å²) >= 11 is 0. The van der Waals surface area contributed by atoms with Crippen molar-refractivity contribution in [3.8, 4) is 0 Å². The molecule has 0 saturated carbocycles. The Hall–Kier alpha value is -0.900. The maximum Gasteiger partial charge on any atom is 0.0356 e. The highest BCUT2D eigenvalue weighted by atomic mass is 15.2. The number of benzene rings is 1. The van der Waals surface area contributed by atoms with Crippen molar-refractivity contribution in [2.75, 3.05) is 40.3 Å². The number of hydrogen-bond donors (Lipinski definition) is 1. The first-order chi connectivity index (χ1) is 11.4. The summed E-state index contributed by atoms with van der Waals surface area (Å²) in [6, 6.07) is 9.85. The van der Waals surface area contributed by atoms with Gasteiger partial charge in [0.2, 0.25) is 0 Å². The van der Waals surface area contributed by atoms with E-state index in [9.17, 15) is 0 Å². The number of hydrogen-bond acceptors (Lipinski definition) is 3. The summed E-state index contributed by atoms with van der Waals surface area (Å²) in [6.45, 7) is 11.7. The van der Waals surface area contributed by atoms with Crippen LogP contribution in [0.3, 0.4) is 0 Å². The highest BCUT2D eigenvalue weighted by Gasteiger charge is 2.37. The highest BCUT2D eigenvalue weighted by molar-refractivity contribution is 5.35. The lowest BCUT2D eigenvalue weighted by Gasteiger charge is -2.38. The van der Waals surface area contributed by atoms with Crippen LogP contribution >= 0.6 is 0 Å². The molecule has 3 atom stereocenters. The SMILES string of the molecule is CN(C)CC1CNCC1c1ccccc1C1CCCN1C(C)(C)C. The van der Waals surface area contributed by atoms with Crippen molar-refractivity contribution in [3.63, 3.8) is 0 Å². The van der Waals surface area contributed by atoms with E-state index in [0.29, 0.717) is 17.9 Å². The molecule has 1 aromatic carbocycles. The third-order valence-corrected chi connectivity index (χ3v) is 5.81. The largest absolute Gasteiger partial charge is 0.316 e. The van der Waals surface area contributed by atoms with E-state index in [1.54, 1.807) is 11.1 Å². The molecule has 0 amide bonds. The topological polar surface area (TPSA) is 18.5 Å². The van der Waals surface area contributed by atoms with Crippen LogP contribution in [0.15, 0.2) is 24.3 Å². The average Bonchev–Trinajstić information content (AvgIpc) is 3.14. The first kappa shape index (κ1) is 17.9. The summed E-state index contributed by atoms with van der Waals surface area (Å²) in [4.78, 5) is 5.06. The Kier molecular flexibility index (Phi) is 5.33. The first-order valence-electron chi connectivity index (χ1n) is 9.59. The molecule has 0 bridgehead atoms. The first-order valence-corrected chi connectivity index (χ1v) is 9.59. The molecule has 1 aromatic rings. The fourth-order valence-corrected chi connectivity index (χ4v) is 4.80. The molecule has 1 N–H and O–H groups in total. The Bertz CT molecular complexity index is 546. The van der Waals surface area contributed by atoms with E-state index in [4.69, 9.17) is 0 Å². The number of rotatable bonds is 4. The van der Waals surface area contributed by atoms with Crippen LogP contribution in [0.5, 0.6) is 0 Å². The van der Waals surface area contributed by atoms with Crippen LogP contribution in [0.1, 0.15) is 56.7 Å². The maximum atomic E-state index is 3.65. The second-order valence-electron chi connectivity index (χ2n) is 8.94. The fourth-order valence-electron chi connectivity index (χ4n) is 4.80. The van der Waals surface area contributed by atoms with E-state index in [1.807, 2.05) is 0 Å². The number of nitrogens with one attached hydrogen (secondary N) is 1. The van der Waals surface area contributed by atoms with Gasteiger partial charge in [-0.2, -0.15) is 0 Å². The molecule has 2 fully saturated rings. The number of nitrogens with zero attached hydrogens (tertiary/aromatic N) is 2. The van der Waals surface area contributed by atoms with Gasteiger partial charge in [0.05, 0.1) is 0 Å². The molecule has 3 unspecified atom stereocenters. The van der Waals surface area contributed by atoms with Crippen LogP contribution in [0.25, 0.3) is 0 Å². The molecule has 3 nitrogen and oxygen atoms in total. The smallest absolute Gasteiger partial charge is 0.0356 e. The highest BCUT2D eigenvalue weighted by Crippen LogP contribution is 2.42. The second kappa shape index (κ2) is 7.15. The summed E-state index contributed by atoms with van der Waals surface area (Å²) in [5.41, 5.74) is 3.42. The van der Waals surface area contributed by atoms with E-state index < -0.39 is 0 Å². The lowest BCUT2D eigenvalue weighted by molar-refractivity contribution is 0.121. The second-order valence-corrected chi connectivity index (χ2v) is 8.94. The van der Waals surface area contributed by atoms with E-state index in [1.165, 1.54) is 25.9 Å². The van der Waals surface area contributed by atoms with Gasteiger partial charge in [0.15, 0.2) is 0 Å². The van der Waals surface area contributed by atoms with Crippen molar-refractivity contribution in [2.45, 2.75) is 51.1 Å². The van der Waals surface area contributed by atoms with E-state index >= 15 is 0 Å². The molecule has 2 saturated heterocycles. The van der Waals surface area contributed by atoms with Crippen molar-refractivity contribution < 1.29 is 0 Å². The summed E-state index contributed by atoms with van der Waals surface area (Å²) in [5, 5.41) is 3.65. The molecule has 0 aliphatic carbocycles. The molecule has 3 rings (SSSR count). The monoisotopic (exact) mass is 329 g/mol. The molecule has 0 radical (unpaired) electrons. The van der Waals surface area contributed by atoms with Gasteiger partial charge in [-0.15, -0.1) is 0 Å². The summed E-state index contributed by atoms with van der Waals surface area (Å²) < 4.78 is 0. The third-order valence-electron chi connectivity index (χ3n) is 5.81. The van der Waals surface area contributed by atoms with Gasteiger partial charge in [0.25, 0.3) is 0 Å². The van der Waals surface area contributed by atoms with Gasteiger partial charge in [-0.05, 0) is 77.8 Å². The Morgan fingerprint density at radius 3 is 2.50 bits per heavy atom. The molecular weight excluding hydrogens is 294 g/mol. The van der Waals surface area contributed by atoms with Crippen LogP contribution in [-0.4, -0.2) is 55.6 Å². The van der Waals surface area contributed by atoms with E-state index in [2.05, 4.69) is 74.2 Å². The Morgan fingerprint density at radius 1 is 1.12 bits per heavy atom. The van der Waals surface area contributed by atoms with Crippen molar-refractivity contribution in [1.82, 2.24) is 15.1 Å². The lowest BCUT2D eigenvalue weighted by Crippen LogP contribution is -2.41. The van der Waals surface area contributed by atoms with Gasteiger partial charge >= 0.3 is 0 Å². The molecule has 3 heteroatoms. The molecule has 2 aliphatic heterocycles. The summed E-state index contributed by atoms with van der Waals surface area (Å²) in [7, 11) is 4.39. The van der Waals surface area contributed by atoms with Crippen molar-refractivity contribution >= 4 is 0 Å². The summed E-state index contributed by atoms with van der Waals surface area (Å²) in [5.74, 6) is 1.36.